The average molecular weight is 372 g/mol. The van der Waals surface area contributed by atoms with Gasteiger partial charge in [-0.25, -0.2) is 4.98 Å². The zero-order valence-corrected chi connectivity index (χ0v) is 15.5. The summed E-state index contributed by atoms with van der Waals surface area (Å²) < 4.78 is 11.3. The summed E-state index contributed by atoms with van der Waals surface area (Å²) in [4.78, 5) is 4.17. The smallest absolute Gasteiger partial charge is 0.146 e. The first-order chi connectivity index (χ1) is 13.7. The Morgan fingerprint density at radius 1 is 0.964 bits per heavy atom. The first-order valence-corrected chi connectivity index (χ1v) is 8.82. The van der Waals surface area contributed by atoms with Crippen LogP contribution in [-0.2, 0) is 0 Å². The van der Waals surface area contributed by atoms with Gasteiger partial charge in [0.2, 0.25) is 0 Å². The van der Waals surface area contributed by atoms with Crippen LogP contribution in [-0.4, -0.2) is 23.9 Å². The number of hydrazone groups is 1. The Hall–Kier alpha value is -3.85. The molecule has 1 aromatic heterocycles. The molecular formula is C22H20N4O2. The third kappa shape index (κ3) is 5.58. The highest BCUT2D eigenvalue weighted by Crippen LogP contribution is 2.14. The average Bonchev–Trinajstić information content (AvgIpc) is 2.76. The lowest BCUT2D eigenvalue weighted by molar-refractivity contribution is 0.217. The first-order valence-electron chi connectivity index (χ1n) is 8.82. The van der Waals surface area contributed by atoms with E-state index in [1.54, 1.807) is 30.5 Å². The van der Waals surface area contributed by atoms with Crippen molar-refractivity contribution >= 4 is 11.5 Å². The van der Waals surface area contributed by atoms with Crippen molar-refractivity contribution in [3.63, 3.8) is 0 Å². The Bertz CT molecular complexity index is 947. The second-order valence-corrected chi connectivity index (χ2v) is 5.88. The lowest BCUT2D eigenvalue weighted by Gasteiger charge is -2.09. The lowest BCUT2D eigenvalue weighted by atomic mass is 10.1. The van der Waals surface area contributed by atoms with Crippen molar-refractivity contribution in [1.29, 1.82) is 5.26 Å². The molecule has 0 atom stereocenters. The molecule has 0 fully saturated rings. The number of benzene rings is 2. The van der Waals surface area contributed by atoms with E-state index in [2.05, 4.69) is 21.6 Å². The molecule has 0 spiro atoms. The zero-order valence-electron chi connectivity index (χ0n) is 15.5. The van der Waals surface area contributed by atoms with E-state index >= 15 is 0 Å². The van der Waals surface area contributed by atoms with Crippen molar-refractivity contribution in [3.8, 4) is 17.6 Å². The summed E-state index contributed by atoms with van der Waals surface area (Å²) in [6, 6.07) is 22.4. The Labute approximate surface area is 164 Å². The van der Waals surface area contributed by atoms with Crippen LogP contribution in [0.2, 0.25) is 0 Å². The molecule has 0 amide bonds. The molecule has 0 aliphatic carbocycles. The molecule has 0 aliphatic heterocycles. The van der Waals surface area contributed by atoms with E-state index < -0.39 is 0 Å². The van der Waals surface area contributed by atoms with Crippen LogP contribution in [0.5, 0.6) is 11.5 Å². The summed E-state index contributed by atoms with van der Waals surface area (Å²) in [6.45, 7) is 2.77. The molecule has 0 saturated heterocycles. The van der Waals surface area contributed by atoms with Crippen molar-refractivity contribution < 1.29 is 9.47 Å². The number of pyridine rings is 1. The van der Waals surface area contributed by atoms with Crippen molar-refractivity contribution in [1.82, 2.24) is 4.98 Å². The zero-order chi connectivity index (χ0) is 19.6. The van der Waals surface area contributed by atoms with Crippen LogP contribution in [0.1, 0.15) is 18.1 Å². The minimum absolute atomic E-state index is 0.419. The van der Waals surface area contributed by atoms with Gasteiger partial charge in [-0.15, -0.1) is 0 Å². The summed E-state index contributed by atoms with van der Waals surface area (Å²) in [7, 11) is 0. The third-order valence-corrected chi connectivity index (χ3v) is 3.88. The van der Waals surface area contributed by atoms with Gasteiger partial charge in [0.15, 0.2) is 0 Å². The van der Waals surface area contributed by atoms with Crippen LogP contribution in [0.15, 0.2) is 78.0 Å². The molecule has 140 valence electrons. The number of anilines is 1. The van der Waals surface area contributed by atoms with Gasteiger partial charge in [-0.3, -0.25) is 5.43 Å². The van der Waals surface area contributed by atoms with E-state index in [1.165, 1.54) is 0 Å². The van der Waals surface area contributed by atoms with Crippen LogP contribution in [0.25, 0.3) is 0 Å². The minimum Gasteiger partial charge on any atom is -0.490 e. The van der Waals surface area contributed by atoms with E-state index in [0.29, 0.717) is 30.3 Å². The fraction of sp³-hybridized carbons (Fsp3) is 0.136. The summed E-state index contributed by atoms with van der Waals surface area (Å²) in [5, 5.41) is 13.1. The van der Waals surface area contributed by atoms with E-state index in [0.717, 1.165) is 17.0 Å². The highest BCUT2D eigenvalue weighted by Gasteiger charge is 2.00. The Kier molecular flexibility index (Phi) is 6.58. The maximum Gasteiger partial charge on any atom is 0.146 e. The SMILES string of the molecule is C/C(=N\Nc1ccccn1)c1ccc(OCCOc2ccc(C#N)cc2)cc1. The second kappa shape index (κ2) is 9.74. The van der Waals surface area contributed by atoms with Gasteiger partial charge in [0, 0.05) is 6.20 Å². The topological polar surface area (TPSA) is 79.5 Å². The molecular weight excluding hydrogens is 352 g/mol. The van der Waals surface area contributed by atoms with Crippen molar-refractivity contribution in [2.45, 2.75) is 6.92 Å². The predicted molar refractivity (Wildman–Crippen MR) is 109 cm³/mol. The molecule has 0 aliphatic rings. The van der Waals surface area contributed by atoms with Gasteiger partial charge >= 0.3 is 0 Å². The third-order valence-electron chi connectivity index (χ3n) is 3.88. The molecule has 6 nitrogen and oxygen atoms in total. The molecule has 0 unspecified atom stereocenters. The Morgan fingerprint density at radius 3 is 2.18 bits per heavy atom. The molecule has 0 bridgehead atoms. The van der Waals surface area contributed by atoms with Gasteiger partial charge in [-0.05, 0) is 73.2 Å². The lowest BCUT2D eigenvalue weighted by Crippen LogP contribution is -2.09. The van der Waals surface area contributed by atoms with Crippen LogP contribution < -0.4 is 14.9 Å². The van der Waals surface area contributed by atoms with Crippen LogP contribution in [0, 0.1) is 11.3 Å². The summed E-state index contributed by atoms with van der Waals surface area (Å²) in [5.41, 5.74) is 5.38. The summed E-state index contributed by atoms with van der Waals surface area (Å²) in [6.07, 6.45) is 1.71. The van der Waals surface area contributed by atoms with Crippen LogP contribution in [0.4, 0.5) is 5.82 Å². The van der Waals surface area contributed by atoms with E-state index in [1.807, 2.05) is 49.4 Å². The van der Waals surface area contributed by atoms with Crippen molar-refractivity contribution in [3.05, 3.63) is 84.1 Å². The number of hydrogen-bond donors (Lipinski definition) is 1. The van der Waals surface area contributed by atoms with Gasteiger partial charge in [0.1, 0.15) is 30.5 Å². The Balaban J connectivity index is 1.45. The highest BCUT2D eigenvalue weighted by molar-refractivity contribution is 5.99. The summed E-state index contributed by atoms with van der Waals surface area (Å²) >= 11 is 0. The Morgan fingerprint density at radius 2 is 1.61 bits per heavy atom. The minimum atomic E-state index is 0.419. The van der Waals surface area contributed by atoms with Gasteiger partial charge < -0.3 is 9.47 Å². The number of nitriles is 1. The largest absolute Gasteiger partial charge is 0.490 e. The number of nitrogens with one attached hydrogen (secondary N) is 1. The fourth-order valence-corrected chi connectivity index (χ4v) is 2.37. The fourth-order valence-electron chi connectivity index (χ4n) is 2.37. The van der Waals surface area contributed by atoms with Crippen LogP contribution in [0.3, 0.4) is 0 Å². The number of rotatable bonds is 8. The molecule has 6 heteroatoms. The maximum atomic E-state index is 8.78. The van der Waals surface area contributed by atoms with E-state index in [9.17, 15) is 0 Å². The van der Waals surface area contributed by atoms with Gasteiger partial charge in [-0.2, -0.15) is 10.4 Å². The van der Waals surface area contributed by atoms with Gasteiger partial charge in [-0.1, -0.05) is 6.07 Å². The normalized spacial score (nSPS) is 10.8. The number of aromatic nitrogens is 1. The van der Waals surface area contributed by atoms with E-state index in [-0.39, 0.29) is 0 Å². The number of ether oxygens (including phenoxy) is 2. The molecule has 1 N–H and O–H groups in total. The summed E-state index contributed by atoms with van der Waals surface area (Å²) in [5.74, 6) is 2.17. The standard InChI is InChI=1S/C22H20N4O2/c1-17(25-26-22-4-2-3-13-24-22)19-7-11-21(12-8-19)28-15-14-27-20-9-5-18(16-23)6-10-20/h2-13H,14-15H2,1H3,(H,24,26)/b25-17+. The van der Waals surface area contributed by atoms with E-state index in [4.69, 9.17) is 14.7 Å². The molecule has 2 aromatic carbocycles. The maximum absolute atomic E-state index is 8.78. The molecule has 1 heterocycles. The van der Waals surface area contributed by atoms with Crippen LogP contribution >= 0.6 is 0 Å². The first kappa shape index (κ1) is 18.9. The monoisotopic (exact) mass is 372 g/mol. The van der Waals surface area contributed by atoms with Gasteiger partial charge in [0.05, 0.1) is 17.3 Å². The van der Waals surface area contributed by atoms with Crippen molar-refractivity contribution in [2.24, 2.45) is 5.10 Å². The van der Waals surface area contributed by atoms with Gasteiger partial charge in [0.25, 0.3) is 0 Å². The highest BCUT2D eigenvalue weighted by atomic mass is 16.5. The molecule has 3 rings (SSSR count). The number of nitrogens with zero attached hydrogens (tertiary/aromatic N) is 3. The molecule has 0 radical (unpaired) electrons. The predicted octanol–water partition coefficient (Wildman–Crippen LogP) is 4.25. The second-order valence-electron chi connectivity index (χ2n) is 5.88. The quantitative estimate of drug-likeness (QED) is 0.363. The van der Waals surface area contributed by atoms with Crippen molar-refractivity contribution in [2.75, 3.05) is 18.6 Å². The molecule has 0 saturated carbocycles. The molecule has 28 heavy (non-hydrogen) atoms. The molecule has 3 aromatic rings. The number of hydrogen-bond acceptors (Lipinski definition) is 6.